The maximum Gasteiger partial charge on any atom is 0.222 e. The van der Waals surface area contributed by atoms with Gasteiger partial charge >= 0.3 is 0 Å². The van der Waals surface area contributed by atoms with Crippen molar-refractivity contribution < 1.29 is 9.53 Å². The van der Waals surface area contributed by atoms with E-state index in [2.05, 4.69) is 24.1 Å². The Hall–Kier alpha value is -0.610. The SMILES string of the molecule is CCCNC(CN1CCC(C)CCC1=O)C1CCOC1. The third kappa shape index (κ3) is 4.45. The van der Waals surface area contributed by atoms with Crippen molar-refractivity contribution in [1.82, 2.24) is 10.2 Å². The Kier molecular flexibility index (Phi) is 6.30. The van der Waals surface area contributed by atoms with Gasteiger partial charge in [0.2, 0.25) is 5.91 Å². The third-order valence-corrected chi connectivity index (χ3v) is 4.70. The molecule has 2 rings (SSSR count). The van der Waals surface area contributed by atoms with Gasteiger partial charge in [0.1, 0.15) is 0 Å². The molecule has 2 saturated heterocycles. The van der Waals surface area contributed by atoms with Gasteiger partial charge in [-0.15, -0.1) is 0 Å². The number of amides is 1. The Balaban J connectivity index is 1.92. The molecule has 2 fully saturated rings. The first-order valence-electron chi connectivity index (χ1n) is 8.29. The van der Waals surface area contributed by atoms with E-state index in [0.717, 1.165) is 65.0 Å². The second-order valence-corrected chi connectivity index (χ2v) is 6.46. The number of carbonyl (C=O) groups excluding carboxylic acids is 1. The van der Waals surface area contributed by atoms with E-state index in [1.165, 1.54) is 0 Å². The first-order valence-corrected chi connectivity index (χ1v) is 8.29. The molecule has 0 bridgehead atoms. The minimum absolute atomic E-state index is 0.344. The molecular formula is C16H30N2O2. The molecule has 3 unspecified atom stereocenters. The van der Waals surface area contributed by atoms with E-state index in [1.54, 1.807) is 0 Å². The average Bonchev–Trinajstić information content (AvgIpc) is 2.93. The summed E-state index contributed by atoms with van der Waals surface area (Å²) in [5.41, 5.74) is 0. The number of hydrogen-bond acceptors (Lipinski definition) is 3. The summed E-state index contributed by atoms with van der Waals surface area (Å²) in [6.45, 7) is 8.99. The van der Waals surface area contributed by atoms with E-state index < -0.39 is 0 Å². The van der Waals surface area contributed by atoms with E-state index in [4.69, 9.17) is 4.74 Å². The fraction of sp³-hybridized carbons (Fsp3) is 0.938. The number of ether oxygens (including phenoxy) is 1. The fourth-order valence-corrected chi connectivity index (χ4v) is 3.18. The molecule has 0 radical (unpaired) electrons. The van der Waals surface area contributed by atoms with Crippen molar-refractivity contribution in [3.05, 3.63) is 0 Å². The zero-order chi connectivity index (χ0) is 14.4. The van der Waals surface area contributed by atoms with Crippen LogP contribution in [0.3, 0.4) is 0 Å². The Morgan fingerprint density at radius 1 is 1.40 bits per heavy atom. The largest absolute Gasteiger partial charge is 0.381 e. The molecule has 0 spiro atoms. The van der Waals surface area contributed by atoms with E-state index >= 15 is 0 Å². The van der Waals surface area contributed by atoms with Crippen LogP contribution < -0.4 is 5.32 Å². The summed E-state index contributed by atoms with van der Waals surface area (Å²) in [4.78, 5) is 14.3. The van der Waals surface area contributed by atoms with E-state index in [0.29, 0.717) is 23.8 Å². The lowest BCUT2D eigenvalue weighted by molar-refractivity contribution is -0.131. The van der Waals surface area contributed by atoms with Crippen molar-refractivity contribution in [2.24, 2.45) is 11.8 Å². The first kappa shape index (κ1) is 15.8. The Bertz CT molecular complexity index is 303. The monoisotopic (exact) mass is 282 g/mol. The van der Waals surface area contributed by atoms with Gasteiger partial charge in [0.25, 0.3) is 0 Å². The maximum absolute atomic E-state index is 12.3. The van der Waals surface area contributed by atoms with Crippen molar-refractivity contribution in [1.29, 1.82) is 0 Å². The van der Waals surface area contributed by atoms with Gasteiger partial charge in [0.15, 0.2) is 0 Å². The lowest BCUT2D eigenvalue weighted by Crippen LogP contribution is -2.48. The zero-order valence-corrected chi connectivity index (χ0v) is 13.1. The third-order valence-electron chi connectivity index (χ3n) is 4.70. The topological polar surface area (TPSA) is 41.6 Å². The quantitative estimate of drug-likeness (QED) is 0.810. The highest BCUT2D eigenvalue weighted by Gasteiger charge is 2.29. The molecule has 2 heterocycles. The summed E-state index contributed by atoms with van der Waals surface area (Å²) >= 11 is 0. The second kappa shape index (κ2) is 7.99. The average molecular weight is 282 g/mol. The van der Waals surface area contributed by atoms with Crippen LogP contribution in [-0.4, -0.2) is 49.7 Å². The van der Waals surface area contributed by atoms with Crippen molar-refractivity contribution in [3.63, 3.8) is 0 Å². The van der Waals surface area contributed by atoms with E-state index in [1.807, 2.05) is 0 Å². The van der Waals surface area contributed by atoms with Gasteiger partial charge in [-0.1, -0.05) is 13.8 Å². The fourth-order valence-electron chi connectivity index (χ4n) is 3.18. The summed E-state index contributed by atoms with van der Waals surface area (Å²) in [5.74, 6) is 1.59. The van der Waals surface area contributed by atoms with E-state index in [9.17, 15) is 4.79 Å². The second-order valence-electron chi connectivity index (χ2n) is 6.46. The Labute approximate surface area is 123 Å². The summed E-state index contributed by atoms with van der Waals surface area (Å²) in [6.07, 6.45) is 5.18. The number of hydrogen-bond donors (Lipinski definition) is 1. The first-order chi connectivity index (χ1) is 9.70. The molecular weight excluding hydrogens is 252 g/mol. The molecule has 4 nitrogen and oxygen atoms in total. The van der Waals surface area contributed by atoms with Crippen molar-refractivity contribution >= 4 is 5.91 Å². The molecule has 2 aliphatic rings. The predicted molar refractivity (Wildman–Crippen MR) is 80.6 cm³/mol. The smallest absolute Gasteiger partial charge is 0.222 e. The number of nitrogens with one attached hydrogen (secondary N) is 1. The molecule has 0 aliphatic carbocycles. The van der Waals surface area contributed by atoms with Gasteiger partial charge in [0.05, 0.1) is 6.61 Å². The highest BCUT2D eigenvalue weighted by molar-refractivity contribution is 5.76. The number of carbonyl (C=O) groups is 1. The van der Waals surface area contributed by atoms with Gasteiger partial charge in [-0.05, 0) is 38.1 Å². The van der Waals surface area contributed by atoms with Crippen LogP contribution in [0.4, 0.5) is 0 Å². The molecule has 0 aromatic rings. The minimum atomic E-state index is 0.344. The highest BCUT2D eigenvalue weighted by Crippen LogP contribution is 2.21. The van der Waals surface area contributed by atoms with Gasteiger partial charge in [-0.25, -0.2) is 0 Å². The zero-order valence-electron chi connectivity index (χ0n) is 13.1. The molecule has 0 aromatic carbocycles. The molecule has 116 valence electrons. The Morgan fingerprint density at radius 3 is 2.95 bits per heavy atom. The molecule has 1 amide bonds. The summed E-state index contributed by atoms with van der Waals surface area (Å²) in [6, 6.07) is 0.398. The summed E-state index contributed by atoms with van der Waals surface area (Å²) < 4.78 is 5.53. The van der Waals surface area contributed by atoms with Crippen LogP contribution in [0.2, 0.25) is 0 Å². The molecule has 2 aliphatic heterocycles. The van der Waals surface area contributed by atoms with Crippen LogP contribution in [0, 0.1) is 11.8 Å². The number of rotatable bonds is 6. The van der Waals surface area contributed by atoms with Crippen molar-refractivity contribution in [2.45, 2.75) is 52.0 Å². The molecule has 0 saturated carbocycles. The van der Waals surface area contributed by atoms with Crippen LogP contribution in [0.15, 0.2) is 0 Å². The Morgan fingerprint density at radius 2 is 2.25 bits per heavy atom. The molecule has 3 atom stereocenters. The van der Waals surface area contributed by atoms with Crippen LogP contribution in [-0.2, 0) is 9.53 Å². The van der Waals surface area contributed by atoms with Crippen LogP contribution in [0.5, 0.6) is 0 Å². The van der Waals surface area contributed by atoms with Crippen LogP contribution in [0.25, 0.3) is 0 Å². The number of nitrogens with zero attached hydrogens (tertiary/aromatic N) is 1. The molecule has 0 aromatic heterocycles. The highest BCUT2D eigenvalue weighted by atomic mass is 16.5. The summed E-state index contributed by atoms with van der Waals surface area (Å²) in [7, 11) is 0. The molecule has 20 heavy (non-hydrogen) atoms. The standard InChI is InChI=1S/C16H30N2O2/c1-3-8-17-15(14-7-10-20-12-14)11-18-9-6-13(2)4-5-16(18)19/h13-15,17H,3-12H2,1-2H3. The van der Waals surface area contributed by atoms with Crippen molar-refractivity contribution in [2.75, 3.05) is 32.8 Å². The molecule has 1 N–H and O–H groups in total. The van der Waals surface area contributed by atoms with Crippen LogP contribution >= 0.6 is 0 Å². The van der Waals surface area contributed by atoms with Gasteiger partial charge in [-0.2, -0.15) is 0 Å². The van der Waals surface area contributed by atoms with Gasteiger partial charge < -0.3 is 15.0 Å². The number of likely N-dealkylation sites (tertiary alicyclic amines) is 1. The lowest BCUT2D eigenvalue weighted by atomic mass is 9.98. The van der Waals surface area contributed by atoms with Crippen molar-refractivity contribution in [3.8, 4) is 0 Å². The maximum atomic E-state index is 12.3. The van der Waals surface area contributed by atoms with Gasteiger partial charge in [-0.3, -0.25) is 4.79 Å². The molecule has 4 heteroatoms. The van der Waals surface area contributed by atoms with Gasteiger partial charge in [0, 0.05) is 38.1 Å². The minimum Gasteiger partial charge on any atom is -0.381 e. The summed E-state index contributed by atoms with van der Waals surface area (Å²) in [5, 5.41) is 3.64. The normalized spacial score (nSPS) is 29.5. The predicted octanol–water partition coefficient (Wildman–Crippen LogP) is 2.04. The van der Waals surface area contributed by atoms with Crippen LogP contribution in [0.1, 0.15) is 46.0 Å². The lowest BCUT2D eigenvalue weighted by Gasteiger charge is -2.30. The van der Waals surface area contributed by atoms with E-state index in [-0.39, 0.29) is 0 Å².